The Bertz CT molecular complexity index is 516. The number of nitrogens with one attached hydrogen (secondary N) is 1. The molecule has 2 rings (SSSR count). The Morgan fingerprint density at radius 1 is 1.58 bits per heavy atom. The molecule has 0 heterocycles. The van der Waals surface area contributed by atoms with Crippen molar-refractivity contribution in [3.8, 4) is 0 Å². The third-order valence-corrected chi connectivity index (χ3v) is 3.13. The van der Waals surface area contributed by atoms with E-state index in [2.05, 4.69) is 5.32 Å². The van der Waals surface area contributed by atoms with Crippen LogP contribution in [0.15, 0.2) is 18.2 Å². The Kier molecular flexibility index (Phi) is 3.75. The maximum Gasteiger partial charge on any atom is 0.320 e. The third-order valence-electron chi connectivity index (χ3n) is 3.13. The minimum absolute atomic E-state index is 0.0407. The van der Waals surface area contributed by atoms with Crippen molar-refractivity contribution in [2.45, 2.75) is 25.4 Å². The molecule has 102 valence electrons. The van der Waals surface area contributed by atoms with Gasteiger partial charge in [-0.05, 0) is 18.8 Å². The Hall–Kier alpha value is -2.02. The van der Waals surface area contributed by atoms with E-state index in [-0.39, 0.29) is 18.0 Å². The molecule has 1 unspecified atom stereocenters. The molecule has 0 aromatic heterocycles. The van der Waals surface area contributed by atoms with Crippen LogP contribution in [0.1, 0.15) is 18.4 Å². The van der Waals surface area contributed by atoms with Gasteiger partial charge in [-0.15, -0.1) is 0 Å². The topological polar surface area (TPSA) is 92.5 Å². The lowest BCUT2D eigenvalue weighted by molar-refractivity contribution is -0.387. The first kappa shape index (κ1) is 13.4. The number of halogens is 1. The number of nitro groups is 1. The normalized spacial score (nSPS) is 16.1. The number of hydrogen-bond donors (Lipinski definition) is 2. The molecule has 19 heavy (non-hydrogen) atoms. The predicted octanol–water partition coefficient (Wildman–Crippen LogP) is 1.69. The van der Waals surface area contributed by atoms with Gasteiger partial charge in [-0.2, -0.15) is 4.39 Å². The van der Waals surface area contributed by atoms with Crippen molar-refractivity contribution >= 4 is 11.7 Å². The molecule has 0 radical (unpaired) electrons. The van der Waals surface area contributed by atoms with Gasteiger partial charge in [0.25, 0.3) is 0 Å². The van der Waals surface area contributed by atoms with Crippen molar-refractivity contribution in [1.82, 2.24) is 5.32 Å². The molecule has 1 aromatic carbocycles. The Labute approximate surface area is 108 Å². The number of nitrogens with zero attached hydrogens (tertiary/aromatic N) is 1. The van der Waals surface area contributed by atoms with E-state index < -0.39 is 28.4 Å². The number of hydrogen-bond acceptors (Lipinski definition) is 4. The smallest absolute Gasteiger partial charge is 0.320 e. The first-order valence-electron chi connectivity index (χ1n) is 5.88. The summed E-state index contributed by atoms with van der Waals surface area (Å²) in [6.07, 6.45) is 1.67. The Morgan fingerprint density at radius 3 is 2.79 bits per heavy atom. The summed E-state index contributed by atoms with van der Waals surface area (Å²) in [4.78, 5) is 20.8. The number of rotatable bonds is 6. The van der Waals surface area contributed by atoms with Gasteiger partial charge in [0.2, 0.25) is 5.82 Å². The van der Waals surface area contributed by atoms with Gasteiger partial charge in [0.15, 0.2) is 0 Å². The summed E-state index contributed by atoms with van der Waals surface area (Å²) >= 11 is 0. The number of carboxylic acids is 1. The molecule has 1 aromatic rings. The molecule has 1 aliphatic rings. The number of benzene rings is 1. The second-order valence-corrected chi connectivity index (χ2v) is 4.54. The van der Waals surface area contributed by atoms with Crippen LogP contribution in [0, 0.1) is 21.8 Å². The van der Waals surface area contributed by atoms with Crippen LogP contribution >= 0.6 is 0 Å². The summed E-state index contributed by atoms with van der Waals surface area (Å²) in [7, 11) is 0. The molecular weight excluding hydrogens is 255 g/mol. The average molecular weight is 268 g/mol. The van der Waals surface area contributed by atoms with Gasteiger partial charge in [-0.25, -0.2) is 0 Å². The molecule has 1 fully saturated rings. The quantitative estimate of drug-likeness (QED) is 0.605. The van der Waals surface area contributed by atoms with Crippen molar-refractivity contribution in [2.24, 2.45) is 5.92 Å². The van der Waals surface area contributed by atoms with E-state index in [1.807, 2.05) is 0 Å². The third kappa shape index (κ3) is 3.05. The standard InChI is InChI=1S/C12H13FN2O4/c13-10-8(2-1-3-9(10)15(18)19)6-14-11(12(16)17)7-4-5-7/h1-3,7,11,14H,4-6H2,(H,16,17). The van der Waals surface area contributed by atoms with Crippen molar-refractivity contribution in [1.29, 1.82) is 0 Å². The van der Waals surface area contributed by atoms with Gasteiger partial charge in [0, 0.05) is 18.2 Å². The SMILES string of the molecule is O=C(O)C(NCc1cccc([N+](=O)[O-])c1F)C1CC1. The van der Waals surface area contributed by atoms with Crippen molar-refractivity contribution in [2.75, 3.05) is 0 Å². The first-order chi connectivity index (χ1) is 9.00. The molecule has 6 nitrogen and oxygen atoms in total. The monoisotopic (exact) mass is 268 g/mol. The van der Waals surface area contributed by atoms with E-state index >= 15 is 0 Å². The minimum Gasteiger partial charge on any atom is -0.480 e. The van der Waals surface area contributed by atoms with Crippen molar-refractivity contribution in [3.63, 3.8) is 0 Å². The van der Waals surface area contributed by atoms with E-state index in [0.717, 1.165) is 18.9 Å². The number of carbonyl (C=O) groups is 1. The lowest BCUT2D eigenvalue weighted by Crippen LogP contribution is -2.38. The number of carboxylic acid groups (broad SMARTS) is 1. The summed E-state index contributed by atoms with van der Waals surface area (Å²) in [6.45, 7) is -0.0407. The Morgan fingerprint density at radius 2 is 2.26 bits per heavy atom. The second kappa shape index (κ2) is 5.31. The molecule has 1 saturated carbocycles. The summed E-state index contributed by atoms with van der Waals surface area (Å²) in [5, 5.41) is 22.3. The Balaban J connectivity index is 2.08. The van der Waals surface area contributed by atoms with Gasteiger partial charge in [0.05, 0.1) is 4.92 Å². The summed E-state index contributed by atoms with van der Waals surface area (Å²) in [5.74, 6) is -1.83. The molecule has 0 bridgehead atoms. The lowest BCUT2D eigenvalue weighted by atomic mass is 10.1. The van der Waals surface area contributed by atoms with Gasteiger partial charge in [0.1, 0.15) is 6.04 Å². The zero-order valence-corrected chi connectivity index (χ0v) is 10.0. The first-order valence-corrected chi connectivity index (χ1v) is 5.88. The minimum atomic E-state index is -0.978. The van der Waals surface area contributed by atoms with Crippen LogP contribution < -0.4 is 5.32 Å². The van der Waals surface area contributed by atoms with E-state index in [4.69, 9.17) is 5.11 Å². The van der Waals surface area contributed by atoms with Crippen LogP contribution in [0.25, 0.3) is 0 Å². The molecule has 0 spiro atoms. The maximum atomic E-state index is 13.8. The summed E-state index contributed by atoms with van der Waals surface area (Å²) in [5.41, 5.74) is -0.501. The molecule has 2 N–H and O–H groups in total. The van der Waals surface area contributed by atoms with Crippen LogP contribution in [0.3, 0.4) is 0 Å². The van der Waals surface area contributed by atoms with Gasteiger partial charge in [-0.1, -0.05) is 12.1 Å². The predicted molar refractivity (Wildman–Crippen MR) is 64.0 cm³/mol. The second-order valence-electron chi connectivity index (χ2n) is 4.54. The molecular formula is C12H13FN2O4. The van der Waals surface area contributed by atoms with Gasteiger partial charge < -0.3 is 5.11 Å². The van der Waals surface area contributed by atoms with Gasteiger partial charge in [-0.3, -0.25) is 20.2 Å². The number of nitro benzene ring substituents is 1. The summed E-state index contributed by atoms with van der Waals surface area (Å²) < 4.78 is 13.8. The van der Waals surface area contributed by atoms with Gasteiger partial charge >= 0.3 is 11.7 Å². The largest absolute Gasteiger partial charge is 0.480 e. The highest BCUT2D eigenvalue weighted by Crippen LogP contribution is 2.33. The van der Waals surface area contributed by atoms with Crippen LogP contribution in [0.4, 0.5) is 10.1 Å². The summed E-state index contributed by atoms with van der Waals surface area (Å²) in [6, 6.07) is 3.14. The number of aliphatic carboxylic acids is 1. The highest BCUT2D eigenvalue weighted by Gasteiger charge is 2.36. The fourth-order valence-corrected chi connectivity index (χ4v) is 1.95. The fourth-order valence-electron chi connectivity index (χ4n) is 1.95. The van der Waals surface area contributed by atoms with E-state index in [0.29, 0.717) is 0 Å². The molecule has 1 atom stereocenters. The zero-order chi connectivity index (χ0) is 14.0. The molecule has 7 heteroatoms. The fraction of sp³-hybridized carbons (Fsp3) is 0.417. The zero-order valence-electron chi connectivity index (χ0n) is 10.0. The average Bonchev–Trinajstić information content (AvgIpc) is 3.15. The van der Waals surface area contributed by atoms with Crippen LogP contribution in [0.2, 0.25) is 0 Å². The van der Waals surface area contributed by atoms with Crippen LogP contribution in [0.5, 0.6) is 0 Å². The van der Waals surface area contributed by atoms with Crippen molar-refractivity contribution in [3.05, 3.63) is 39.7 Å². The lowest BCUT2D eigenvalue weighted by Gasteiger charge is -2.13. The molecule has 0 saturated heterocycles. The van der Waals surface area contributed by atoms with Crippen LogP contribution in [-0.4, -0.2) is 22.0 Å². The van der Waals surface area contributed by atoms with E-state index in [1.54, 1.807) is 0 Å². The van der Waals surface area contributed by atoms with Crippen molar-refractivity contribution < 1.29 is 19.2 Å². The molecule has 1 aliphatic carbocycles. The maximum absolute atomic E-state index is 13.8. The molecule has 0 aliphatic heterocycles. The highest BCUT2D eigenvalue weighted by atomic mass is 19.1. The highest BCUT2D eigenvalue weighted by molar-refractivity contribution is 5.74. The van der Waals surface area contributed by atoms with Crippen LogP contribution in [-0.2, 0) is 11.3 Å². The molecule has 0 amide bonds. The van der Waals surface area contributed by atoms with E-state index in [9.17, 15) is 19.3 Å². The van der Waals surface area contributed by atoms with E-state index in [1.165, 1.54) is 12.1 Å².